The van der Waals surface area contributed by atoms with Gasteiger partial charge in [-0.05, 0) is 38.2 Å². The molecule has 2 amide bonds. The van der Waals surface area contributed by atoms with E-state index < -0.39 is 0 Å². The molecule has 24 heavy (non-hydrogen) atoms. The molecule has 130 valence electrons. The number of amides is 2. The van der Waals surface area contributed by atoms with Crippen molar-refractivity contribution in [1.29, 1.82) is 0 Å². The number of aromatic amines is 1. The quantitative estimate of drug-likeness (QED) is 0.904. The molecule has 6 heteroatoms. The van der Waals surface area contributed by atoms with Crippen molar-refractivity contribution in [2.24, 2.45) is 5.41 Å². The molecular weight excluding hydrogens is 304 g/mol. The van der Waals surface area contributed by atoms with Gasteiger partial charge < -0.3 is 9.80 Å². The first-order valence-corrected chi connectivity index (χ1v) is 9.29. The summed E-state index contributed by atoms with van der Waals surface area (Å²) in [6, 6.07) is 2.13. The summed E-state index contributed by atoms with van der Waals surface area (Å²) in [5.74, 6) is 0.271. The predicted octanol–water partition coefficient (Wildman–Crippen LogP) is 2.20. The van der Waals surface area contributed by atoms with Gasteiger partial charge >= 0.3 is 0 Å². The summed E-state index contributed by atoms with van der Waals surface area (Å²) in [5.41, 5.74) is 0.171. The number of carbonyl (C=O) groups excluding carboxylic acids is 2. The highest BCUT2D eigenvalue weighted by atomic mass is 16.2. The van der Waals surface area contributed by atoms with E-state index in [1.165, 1.54) is 19.3 Å². The zero-order valence-corrected chi connectivity index (χ0v) is 14.2. The number of nitrogens with zero attached hydrogens (tertiary/aromatic N) is 3. The Labute approximate surface area is 142 Å². The maximum atomic E-state index is 13.3. The first-order chi connectivity index (χ1) is 11.7. The molecule has 3 aliphatic rings. The fourth-order valence-corrected chi connectivity index (χ4v) is 4.81. The molecule has 1 atom stereocenters. The Morgan fingerprint density at radius 2 is 2.00 bits per heavy atom. The van der Waals surface area contributed by atoms with Crippen molar-refractivity contribution in [3.05, 3.63) is 18.0 Å². The average molecular weight is 330 g/mol. The lowest BCUT2D eigenvalue weighted by molar-refractivity contribution is -0.149. The number of piperidine rings is 1. The van der Waals surface area contributed by atoms with E-state index in [-0.39, 0.29) is 11.3 Å². The monoisotopic (exact) mass is 330 g/mol. The average Bonchev–Trinajstić information content (AvgIpc) is 3.29. The highest BCUT2D eigenvalue weighted by Gasteiger charge is 2.50. The van der Waals surface area contributed by atoms with Gasteiger partial charge in [-0.2, -0.15) is 5.10 Å². The molecule has 2 saturated heterocycles. The molecule has 6 nitrogen and oxygen atoms in total. The SMILES string of the molecule is O=C(c1ccn[nH]1)N1CC[C@@]2(CCCN(C3CCCCC3)C2=O)C1. The molecule has 1 aromatic heterocycles. The summed E-state index contributed by atoms with van der Waals surface area (Å²) in [7, 11) is 0. The van der Waals surface area contributed by atoms with Gasteiger partial charge in [0.2, 0.25) is 5.91 Å². The Balaban J connectivity index is 1.48. The first-order valence-electron chi connectivity index (χ1n) is 9.29. The third-order valence-corrected chi connectivity index (χ3v) is 6.16. The number of hydrogen-bond donors (Lipinski definition) is 1. The molecule has 1 N–H and O–H groups in total. The second-order valence-electron chi connectivity index (χ2n) is 7.62. The largest absolute Gasteiger partial charge is 0.339 e. The molecule has 1 aromatic rings. The number of rotatable bonds is 2. The van der Waals surface area contributed by atoms with Crippen LogP contribution >= 0.6 is 0 Å². The fourth-order valence-electron chi connectivity index (χ4n) is 4.81. The van der Waals surface area contributed by atoms with Crippen LogP contribution in [0.2, 0.25) is 0 Å². The number of H-pyrrole nitrogens is 1. The van der Waals surface area contributed by atoms with Gasteiger partial charge in [0.15, 0.2) is 0 Å². The molecule has 3 heterocycles. The van der Waals surface area contributed by atoms with E-state index in [1.54, 1.807) is 12.3 Å². The maximum absolute atomic E-state index is 13.3. The van der Waals surface area contributed by atoms with Crippen molar-refractivity contribution in [2.75, 3.05) is 19.6 Å². The van der Waals surface area contributed by atoms with E-state index in [1.807, 2.05) is 4.90 Å². The molecule has 2 aliphatic heterocycles. The van der Waals surface area contributed by atoms with E-state index in [9.17, 15) is 9.59 Å². The number of aromatic nitrogens is 2. The second kappa shape index (κ2) is 6.22. The van der Waals surface area contributed by atoms with Gasteiger partial charge in [0.1, 0.15) is 5.69 Å². The molecule has 1 aliphatic carbocycles. The standard InChI is InChI=1S/C18H26N4O2/c23-16(15-7-10-19-20-15)21-12-9-18(13-21)8-4-11-22(17(18)24)14-5-2-1-3-6-14/h7,10,14H,1-6,8-9,11-13H2,(H,19,20)/t18-/m0/s1. The number of hydrogen-bond acceptors (Lipinski definition) is 3. The Morgan fingerprint density at radius 3 is 2.75 bits per heavy atom. The van der Waals surface area contributed by atoms with E-state index in [4.69, 9.17) is 0 Å². The molecule has 4 rings (SSSR count). The summed E-state index contributed by atoms with van der Waals surface area (Å²) >= 11 is 0. The molecular formula is C18H26N4O2. The molecule has 0 bridgehead atoms. The van der Waals surface area contributed by atoms with Crippen molar-refractivity contribution in [3.63, 3.8) is 0 Å². The van der Waals surface area contributed by atoms with E-state index in [0.29, 0.717) is 30.7 Å². The Bertz CT molecular complexity index is 609. The third kappa shape index (κ3) is 2.62. The molecule has 0 aromatic carbocycles. The van der Waals surface area contributed by atoms with Crippen LogP contribution in [0.25, 0.3) is 0 Å². The number of carbonyl (C=O) groups is 2. The van der Waals surface area contributed by atoms with Crippen LogP contribution in [0.3, 0.4) is 0 Å². The minimum absolute atomic E-state index is 0.0352. The summed E-state index contributed by atoms with van der Waals surface area (Å²) in [6.45, 7) is 2.13. The van der Waals surface area contributed by atoms with Crippen LogP contribution in [-0.2, 0) is 4.79 Å². The molecule has 0 unspecified atom stereocenters. The lowest BCUT2D eigenvalue weighted by Crippen LogP contribution is -2.54. The van der Waals surface area contributed by atoms with Crippen LogP contribution in [0.4, 0.5) is 0 Å². The zero-order valence-electron chi connectivity index (χ0n) is 14.2. The van der Waals surface area contributed by atoms with Crippen LogP contribution in [0.1, 0.15) is 61.9 Å². The van der Waals surface area contributed by atoms with Crippen molar-refractivity contribution in [2.45, 2.75) is 57.4 Å². The van der Waals surface area contributed by atoms with Crippen molar-refractivity contribution in [1.82, 2.24) is 20.0 Å². The molecule has 3 fully saturated rings. The number of nitrogens with one attached hydrogen (secondary N) is 1. The van der Waals surface area contributed by atoms with Crippen molar-refractivity contribution in [3.8, 4) is 0 Å². The normalized spacial score (nSPS) is 28.8. The Kier molecular flexibility index (Phi) is 4.06. The summed E-state index contributed by atoms with van der Waals surface area (Å²) in [4.78, 5) is 29.8. The van der Waals surface area contributed by atoms with Crippen LogP contribution in [0.5, 0.6) is 0 Å². The lowest BCUT2D eigenvalue weighted by Gasteiger charge is -2.44. The van der Waals surface area contributed by atoms with Gasteiger partial charge in [-0.15, -0.1) is 0 Å². The van der Waals surface area contributed by atoms with Gasteiger partial charge in [0.05, 0.1) is 5.41 Å². The highest BCUT2D eigenvalue weighted by molar-refractivity contribution is 5.93. The third-order valence-electron chi connectivity index (χ3n) is 6.16. The van der Waals surface area contributed by atoms with Gasteiger partial charge in [-0.1, -0.05) is 19.3 Å². The van der Waals surface area contributed by atoms with E-state index in [2.05, 4.69) is 15.1 Å². The van der Waals surface area contributed by atoms with Crippen LogP contribution in [-0.4, -0.2) is 57.5 Å². The molecule has 1 saturated carbocycles. The maximum Gasteiger partial charge on any atom is 0.271 e. The second-order valence-corrected chi connectivity index (χ2v) is 7.62. The van der Waals surface area contributed by atoms with Gasteiger partial charge in [-0.3, -0.25) is 14.7 Å². The summed E-state index contributed by atoms with van der Waals surface area (Å²) < 4.78 is 0. The number of likely N-dealkylation sites (tertiary alicyclic amines) is 2. The van der Waals surface area contributed by atoms with Crippen molar-refractivity contribution < 1.29 is 9.59 Å². The minimum Gasteiger partial charge on any atom is -0.339 e. The molecule has 0 radical (unpaired) electrons. The van der Waals surface area contributed by atoms with Gasteiger partial charge in [0, 0.05) is 31.9 Å². The smallest absolute Gasteiger partial charge is 0.271 e. The van der Waals surface area contributed by atoms with Gasteiger partial charge in [0.25, 0.3) is 5.91 Å². The van der Waals surface area contributed by atoms with Crippen LogP contribution in [0.15, 0.2) is 12.3 Å². The van der Waals surface area contributed by atoms with Gasteiger partial charge in [-0.25, -0.2) is 0 Å². The van der Waals surface area contributed by atoms with E-state index in [0.717, 1.165) is 38.6 Å². The van der Waals surface area contributed by atoms with Crippen molar-refractivity contribution >= 4 is 11.8 Å². The van der Waals surface area contributed by atoms with E-state index >= 15 is 0 Å². The highest BCUT2D eigenvalue weighted by Crippen LogP contribution is 2.42. The summed E-state index contributed by atoms with van der Waals surface area (Å²) in [6.07, 6.45) is 10.5. The Morgan fingerprint density at radius 1 is 1.17 bits per heavy atom. The molecule has 1 spiro atoms. The fraction of sp³-hybridized carbons (Fsp3) is 0.722. The Hall–Kier alpha value is -1.85. The first kappa shape index (κ1) is 15.7. The van der Waals surface area contributed by atoms with Crippen LogP contribution in [0, 0.1) is 5.41 Å². The zero-order chi connectivity index (χ0) is 16.6. The predicted molar refractivity (Wildman–Crippen MR) is 89.4 cm³/mol. The topological polar surface area (TPSA) is 69.3 Å². The van der Waals surface area contributed by atoms with Crippen LogP contribution < -0.4 is 0 Å². The summed E-state index contributed by atoms with van der Waals surface area (Å²) in [5, 5.41) is 6.60. The lowest BCUT2D eigenvalue weighted by atomic mass is 9.77. The minimum atomic E-state index is -0.342.